The maximum atomic E-state index is 13.6. The van der Waals surface area contributed by atoms with Gasteiger partial charge < -0.3 is 18.9 Å². The zero-order chi connectivity index (χ0) is 26.4. The molecule has 4 rings (SSSR count). The number of hydrazone groups is 1. The second-order valence-electron chi connectivity index (χ2n) is 7.67. The summed E-state index contributed by atoms with van der Waals surface area (Å²) in [5, 5.41) is 3.94. The number of hydrogen-bond acceptors (Lipinski definition) is 8. The van der Waals surface area contributed by atoms with Crippen molar-refractivity contribution in [1.82, 2.24) is 5.43 Å². The average molecular weight is 530 g/mol. The maximum absolute atomic E-state index is 13.6. The molecule has 1 aliphatic heterocycles. The molecule has 0 saturated carbocycles. The molecular formula is C25H24FN3O7S. The highest BCUT2D eigenvalue weighted by atomic mass is 32.2. The van der Waals surface area contributed by atoms with E-state index >= 15 is 0 Å². The molecule has 1 N–H and O–H groups in total. The molecule has 37 heavy (non-hydrogen) atoms. The summed E-state index contributed by atoms with van der Waals surface area (Å²) in [5.74, 6) is 0.291. The molecule has 0 unspecified atom stereocenters. The van der Waals surface area contributed by atoms with E-state index in [-0.39, 0.29) is 16.3 Å². The van der Waals surface area contributed by atoms with Crippen LogP contribution in [0.3, 0.4) is 0 Å². The van der Waals surface area contributed by atoms with Crippen molar-refractivity contribution in [2.45, 2.75) is 4.90 Å². The van der Waals surface area contributed by atoms with Gasteiger partial charge in [-0.1, -0.05) is 6.07 Å². The molecule has 0 spiro atoms. The van der Waals surface area contributed by atoms with Crippen LogP contribution >= 0.6 is 0 Å². The molecule has 0 saturated heterocycles. The lowest BCUT2D eigenvalue weighted by molar-refractivity contribution is -0.119. The Morgan fingerprint density at radius 2 is 1.78 bits per heavy atom. The van der Waals surface area contributed by atoms with Crippen molar-refractivity contribution in [2.75, 3.05) is 38.3 Å². The van der Waals surface area contributed by atoms with Gasteiger partial charge in [0.05, 0.1) is 31.0 Å². The molecule has 0 radical (unpaired) electrons. The normalized spacial score (nSPS) is 12.7. The number of anilines is 1. The monoisotopic (exact) mass is 529 g/mol. The van der Waals surface area contributed by atoms with Gasteiger partial charge in [0, 0.05) is 11.6 Å². The third-order valence-electron chi connectivity index (χ3n) is 5.33. The summed E-state index contributed by atoms with van der Waals surface area (Å²) in [4.78, 5) is 12.6. The van der Waals surface area contributed by atoms with Crippen LogP contribution in [-0.2, 0) is 14.8 Å². The van der Waals surface area contributed by atoms with Gasteiger partial charge in [0.15, 0.2) is 23.0 Å². The van der Waals surface area contributed by atoms with Gasteiger partial charge in [0.25, 0.3) is 15.9 Å². The fraction of sp³-hybridized carbons (Fsp3) is 0.200. The molecule has 0 bridgehead atoms. The van der Waals surface area contributed by atoms with Crippen LogP contribution in [0.1, 0.15) is 5.56 Å². The number of halogens is 1. The molecule has 1 amide bonds. The highest BCUT2D eigenvalue weighted by molar-refractivity contribution is 7.92. The summed E-state index contributed by atoms with van der Waals surface area (Å²) in [6, 6.07) is 14.0. The largest absolute Gasteiger partial charge is 0.493 e. The van der Waals surface area contributed by atoms with Crippen molar-refractivity contribution in [1.29, 1.82) is 0 Å². The Hall–Kier alpha value is -4.32. The summed E-state index contributed by atoms with van der Waals surface area (Å²) in [6.45, 7) is 0.176. The first-order chi connectivity index (χ1) is 17.8. The Morgan fingerprint density at radius 1 is 1.05 bits per heavy atom. The van der Waals surface area contributed by atoms with E-state index < -0.39 is 28.3 Å². The predicted molar refractivity (Wildman–Crippen MR) is 134 cm³/mol. The van der Waals surface area contributed by atoms with E-state index in [4.69, 9.17) is 18.9 Å². The number of amides is 1. The van der Waals surface area contributed by atoms with Crippen LogP contribution < -0.4 is 28.7 Å². The topological polar surface area (TPSA) is 116 Å². The smallest absolute Gasteiger partial charge is 0.264 e. The second kappa shape index (κ2) is 11.2. The van der Waals surface area contributed by atoms with Crippen LogP contribution in [0.4, 0.5) is 10.1 Å². The number of hydrogen-bond donors (Lipinski definition) is 1. The van der Waals surface area contributed by atoms with Crippen LogP contribution in [0.15, 0.2) is 70.7 Å². The summed E-state index contributed by atoms with van der Waals surface area (Å²) in [7, 11) is -1.49. The zero-order valence-corrected chi connectivity index (χ0v) is 20.8. The van der Waals surface area contributed by atoms with Crippen molar-refractivity contribution in [3.63, 3.8) is 0 Å². The molecule has 0 aromatic heterocycles. The molecule has 1 heterocycles. The quantitative estimate of drug-likeness (QED) is 0.335. The molecule has 0 atom stereocenters. The lowest BCUT2D eigenvalue weighted by atomic mass is 10.2. The van der Waals surface area contributed by atoms with E-state index in [1.165, 1.54) is 50.8 Å². The number of ether oxygens (including phenoxy) is 4. The number of sulfonamides is 1. The minimum absolute atomic E-state index is 0.0815. The Kier molecular flexibility index (Phi) is 7.77. The fourth-order valence-electron chi connectivity index (χ4n) is 3.56. The van der Waals surface area contributed by atoms with Crippen molar-refractivity contribution in [3.05, 3.63) is 72.0 Å². The van der Waals surface area contributed by atoms with E-state index in [1.807, 2.05) is 0 Å². The number of nitrogens with zero attached hydrogens (tertiary/aromatic N) is 2. The van der Waals surface area contributed by atoms with Crippen molar-refractivity contribution >= 4 is 27.8 Å². The number of fused-ring (bicyclic) bond motifs is 1. The van der Waals surface area contributed by atoms with Gasteiger partial charge in [-0.3, -0.25) is 9.10 Å². The number of benzene rings is 3. The van der Waals surface area contributed by atoms with Crippen LogP contribution in [0, 0.1) is 5.82 Å². The van der Waals surface area contributed by atoms with E-state index in [2.05, 4.69) is 10.5 Å². The van der Waals surface area contributed by atoms with Crippen LogP contribution in [-0.4, -0.2) is 54.5 Å². The molecule has 0 fully saturated rings. The van der Waals surface area contributed by atoms with Gasteiger partial charge in [0.1, 0.15) is 25.6 Å². The van der Waals surface area contributed by atoms with Crippen LogP contribution in [0.2, 0.25) is 0 Å². The lowest BCUT2D eigenvalue weighted by Gasteiger charge is -2.24. The molecule has 3 aromatic carbocycles. The molecule has 3 aromatic rings. The molecule has 10 nitrogen and oxygen atoms in total. The molecule has 12 heteroatoms. The van der Waals surface area contributed by atoms with Crippen molar-refractivity contribution < 1.29 is 36.6 Å². The number of rotatable bonds is 9. The minimum Gasteiger partial charge on any atom is -0.493 e. The Balaban J connectivity index is 1.58. The second-order valence-corrected chi connectivity index (χ2v) is 9.53. The first-order valence-electron chi connectivity index (χ1n) is 11.0. The molecular weight excluding hydrogens is 505 g/mol. The Labute approximate surface area is 213 Å². The number of carbonyl (C=O) groups is 1. The molecule has 1 aliphatic rings. The number of methoxy groups -OCH3 is 2. The van der Waals surface area contributed by atoms with E-state index in [1.54, 1.807) is 18.2 Å². The van der Waals surface area contributed by atoms with Gasteiger partial charge in [-0.25, -0.2) is 18.2 Å². The van der Waals surface area contributed by atoms with Gasteiger partial charge in [-0.05, 0) is 48.5 Å². The summed E-state index contributed by atoms with van der Waals surface area (Å²) in [5.41, 5.74) is 2.98. The Bertz CT molecular complexity index is 1410. The standard InChI is InChI=1S/C25H24FN3O7S/c1-33-21-11-10-20(14-23(21)34-2)37(31,32)29(19-8-6-18(26)7-9-19)16-24(30)28-27-15-17-4-3-5-22-25(17)36-13-12-35-22/h3-11,14-15H,12-13,16H2,1-2H3,(H,28,30)/b27-15-. The van der Waals surface area contributed by atoms with E-state index in [0.29, 0.717) is 36.0 Å². The Morgan fingerprint density at radius 3 is 2.51 bits per heavy atom. The summed E-state index contributed by atoms with van der Waals surface area (Å²) >= 11 is 0. The van der Waals surface area contributed by atoms with E-state index in [0.717, 1.165) is 16.4 Å². The number of para-hydroxylation sites is 1. The molecule has 0 aliphatic carbocycles. The first kappa shape index (κ1) is 25.8. The summed E-state index contributed by atoms with van der Waals surface area (Å²) in [6.07, 6.45) is 1.37. The predicted octanol–water partition coefficient (Wildman–Crippen LogP) is 2.96. The maximum Gasteiger partial charge on any atom is 0.264 e. The minimum atomic E-state index is -4.28. The molecule has 194 valence electrons. The fourth-order valence-corrected chi connectivity index (χ4v) is 5.00. The SMILES string of the molecule is COc1ccc(S(=O)(=O)N(CC(=O)N/N=C\c2cccc3c2OCCO3)c2ccc(F)cc2)cc1OC. The highest BCUT2D eigenvalue weighted by Gasteiger charge is 2.28. The first-order valence-corrected chi connectivity index (χ1v) is 12.5. The lowest BCUT2D eigenvalue weighted by Crippen LogP contribution is -2.39. The van der Waals surface area contributed by atoms with Gasteiger partial charge in [-0.15, -0.1) is 0 Å². The van der Waals surface area contributed by atoms with Crippen molar-refractivity contribution in [2.24, 2.45) is 5.10 Å². The van der Waals surface area contributed by atoms with Crippen LogP contribution in [0.5, 0.6) is 23.0 Å². The van der Waals surface area contributed by atoms with Gasteiger partial charge >= 0.3 is 0 Å². The zero-order valence-electron chi connectivity index (χ0n) is 20.0. The van der Waals surface area contributed by atoms with Crippen LogP contribution in [0.25, 0.3) is 0 Å². The van der Waals surface area contributed by atoms with Crippen molar-refractivity contribution in [3.8, 4) is 23.0 Å². The summed E-state index contributed by atoms with van der Waals surface area (Å²) < 4.78 is 63.0. The van der Waals surface area contributed by atoms with Gasteiger partial charge in [0.2, 0.25) is 0 Å². The van der Waals surface area contributed by atoms with E-state index in [9.17, 15) is 17.6 Å². The number of nitrogens with one attached hydrogen (secondary N) is 1. The van der Waals surface area contributed by atoms with Gasteiger partial charge in [-0.2, -0.15) is 5.10 Å². The average Bonchev–Trinajstić information content (AvgIpc) is 2.92. The number of carbonyl (C=O) groups excluding carboxylic acids is 1. The third kappa shape index (κ3) is 5.75. The third-order valence-corrected chi connectivity index (χ3v) is 7.10. The highest BCUT2D eigenvalue weighted by Crippen LogP contribution is 2.33.